The van der Waals surface area contributed by atoms with Crippen molar-refractivity contribution >= 4 is 11.3 Å². The quantitative estimate of drug-likeness (QED) is 0.584. The van der Waals surface area contributed by atoms with Crippen LogP contribution in [0.3, 0.4) is 0 Å². The van der Waals surface area contributed by atoms with Crippen LogP contribution in [0, 0.1) is 0 Å². The molecule has 1 unspecified atom stereocenters. The normalized spacial score (nSPS) is 13.6. The lowest BCUT2D eigenvalue weighted by Crippen LogP contribution is -2.01. The third-order valence-electron chi connectivity index (χ3n) is 3.51. The number of unbranched alkanes of at least 4 members (excludes halogenated alkanes) is 1. The minimum atomic E-state index is 0.555. The number of thiazole rings is 1. The van der Waals surface area contributed by atoms with Gasteiger partial charge in [0.1, 0.15) is 0 Å². The molecule has 0 radical (unpaired) electrons. The molecule has 104 valence electrons. The first-order valence-corrected chi connectivity index (χ1v) is 8.33. The van der Waals surface area contributed by atoms with E-state index in [4.69, 9.17) is 4.98 Å². The summed E-state index contributed by atoms with van der Waals surface area (Å²) in [6, 6.07) is 0. The van der Waals surface area contributed by atoms with Crippen molar-refractivity contribution in [1.82, 2.24) is 4.98 Å². The van der Waals surface area contributed by atoms with Crippen LogP contribution >= 0.6 is 11.3 Å². The van der Waals surface area contributed by atoms with E-state index in [1.807, 2.05) is 11.3 Å². The summed E-state index contributed by atoms with van der Waals surface area (Å²) in [6.45, 7) is 13.6. The van der Waals surface area contributed by atoms with Gasteiger partial charge < -0.3 is 0 Å². The molecule has 1 aromatic rings. The van der Waals surface area contributed by atoms with Crippen LogP contribution in [0.25, 0.3) is 0 Å². The second-order valence-corrected chi connectivity index (χ2v) is 6.92. The van der Waals surface area contributed by atoms with E-state index < -0.39 is 0 Å². The van der Waals surface area contributed by atoms with E-state index >= 15 is 0 Å². The molecule has 0 fully saturated rings. The van der Waals surface area contributed by atoms with Crippen molar-refractivity contribution < 1.29 is 0 Å². The molecular formula is C16H29NS. The van der Waals surface area contributed by atoms with Crippen molar-refractivity contribution in [2.45, 2.75) is 85.0 Å². The topological polar surface area (TPSA) is 12.9 Å². The van der Waals surface area contributed by atoms with Crippen LogP contribution in [-0.4, -0.2) is 4.98 Å². The molecule has 0 amide bonds. The maximum absolute atomic E-state index is 4.90. The molecule has 0 bridgehead atoms. The summed E-state index contributed by atoms with van der Waals surface area (Å²) < 4.78 is 0. The maximum Gasteiger partial charge on any atom is 0.0956 e. The van der Waals surface area contributed by atoms with E-state index in [0.717, 1.165) is 5.92 Å². The molecular weight excluding hydrogens is 238 g/mol. The monoisotopic (exact) mass is 267 g/mol. The van der Waals surface area contributed by atoms with Gasteiger partial charge in [-0.1, -0.05) is 54.4 Å². The summed E-state index contributed by atoms with van der Waals surface area (Å²) in [5, 5.41) is 1.32. The van der Waals surface area contributed by atoms with Gasteiger partial charge in [-0.15, -0.1) is 11.3 Å². The number of rotatable bonds is 7. The lowest BCUT2D eigenvalue weighted by molar-refractivity contribution is 0.568. The average Bonchev–Trinajstić information content (AvgIpc) is 2.75. The van der Waals surface area contributed by atoms with Crippen molar-refractivity contribution in [2.75, 3.05) is 0 Å². The molecule has 0 N–H and O–H groups in total. The Labute approximate surface area is 117 Å². The van der Waals surface area contributed by atoms with Crippen LogP contribution in [0.1, 0.15) is 101 Å². The Hall–Kier alpha value is -0.370. The zero-order valence-corrected chi connectivity index (χ0v) is 13.7. The van der Waals surface area contributed by atoms with Crippen molar-refractivity contribution in [3.63, 3.8) is 0 Å². The second kappa shape index (κ2) is 7.28. The number of hydrogen-bond donors (Lipinski definition) is 0. The van der Waals surface area contributed by atoms with E-state index in [1.54, 1.807) is 4.88 Å². The predicted octanol–water partition coefficient (Wildman–Crippen LogP) is 6.07. The highest BCUT2D eigenvalue weighted by Gasteiger charge is 2.21. The fourth-order valence-electron chi connectivity index (χ4n) is 2.29. The lowest BCUT2D eigenvalue weighted by Gasteiger charge is -2.15. The number of aromatic nitrogens is 1. The van der Waals surface area contributed by atoms with E-state index in [1.165, 1.54) is 36.4 Å². The van der Waals surface area contributed by atoms with Gasteiger partial charge in [0, 0.05) is 10.8 Å². The zero-order chi connectivity index (χ0) is 13.7. The Kier molecular flexibility index (Phi) is 6.34. The van der Waals surface area contributed by atoms with Crippen LogP contribution in [0.15, 0.2) is 0 Å². The smallest absolute Gasteiger partial charge is 0.0956 e. The fraction of sp³-hybridized carbons (Fsp3) is 0.812. The van der Waals surface area contributed by atoms with Gasteiger partial charge in [0.2, 0.25) is 0 Å². The zero-order valence-electron chi connectivity index (χ0n) is 12.9. The van der Waals surface area contributed by atoms with Gasteiger partial charge in [0.25, 0.3) is 0 Å². The van der Waals surface area contributed by atoms with E-state index in [0.29, 0.717) is 11.8 Å². The van der Waals surface area contributed by atoms with Gasteiger partial charge in [-0.3, -0.25) is 0 Å². The minimum Gasteiger partial charge on any atom is -0.245 e. The third kappa shape index (κ3) is 3.81. The third-order valence-corrected chi connectivity index (χ3v) is 5.04. The molecule has 1 nitrogen and oxygen atoms in total. The van der Waals surface area contributed by atoms with Gasteiger partial charge in [-0.25, -0.2) is 4.98 Å². The average molecular weight is 267 g/mol. The first-order chi connectivity index (χ1) is 8.51. The first kappa shape index (κ1) is 15.7. The van der Waals surface area contributed by atoms with Crippen molar-refractivity contribution in [3.8, 4) is 0 Å². The van der Waals surface area contributed by atoms with E-state index in [2.05, 4.69) is 41.5 Å². The molecule has 2 heteroatoms. The molecule has 1 atom stereocenters. The van der Waals surface area contributed by atoms with Crippen LogP contribution in [0.5, 0.6) is 0 Å². The molecule has 18 heavy (non-hydrogen) atoms. The standard InChI is InChI=1S/C16H29NS/c1-7-9-10-13(8-2)15-14(11(3)4)17-16(18-15)12(5)6/h11-13H,7-10H2,1-6H3. The Morgan fingerprint density at radius 1 is 1.06 bits per heavy atom. The number of nitrogens with zero attached hydrogens (tertiary/aromatic N) is 1. The minimum absolute atomic E-state index is 0.555. The van der Waals surface area contributed by atoms with Crippen LogP contribution in [0.4, 0.5) is 0 Å². The van der Waals surface area contributed by atoms with Crippen molar-refractivity contribution in [3.05, 3.63) is 15.6 Å². The molecule has 0 aliphatic carbocycles. The van der Waals surface area contributed by atoms with Crippen LogP contribution in [-0.2, 0) is 0 Å². The fourth-order valence-corrected chi connectivity index (χ4v) is 3.73. The van der Waals surface area contributed by atoms with Gasteiger partial charge >= 0.3 is 0 Å². The Balaban J connectivity index is 3.02. The van der Waals surface area contributed by atoms with Crippen LogP contribution in [0.2, 0.25) is 0 Å². The van der Waals surface area contributed by atoms with Crippen molar-refractivity contribution in [1.29, 1.82) is 0 Å². The highest BCUT2D eigenvalue weighted by atomic mass is 32.1. The SMILES string of the molecule is CCCCC(CC)c1sc(C(C)C)nc1C(C)C. The van der Waals surface area contributed by atoms with Crippen LogP contribution < -0.4 is 0 Å². The van der Waals surface area contributed by atoms with Gasteiger partial charge in [-0.05, 0) is 24.7 Å². The lowest BCUT2D eigenvalue weighted by atomic mass is 9.94. The molecule has 0 aliphatic rings. The summed E-state index contributed by atoms with van der Waals surface area (Å²) in [5.74, 6) is 1.84. The largest absolute Gasteiger partial charge is 0.245 e. The molecule has 0 aromatic carbocycles. The van der Waals surface area contributed by atoms with E-state index in [9.17, 15) is 0 Å². The molecule has 0 aliphatic heterocycles. The van der Waals surface area contributed by atoms with Gasteiger partial charge in [-0.2, -0.15) is 0 Å². The summed E-state index contributed by atoms with van der Waals surface area (Å²) in [5.41, 5.74) is 1.37. The Morgan fingerprint density at radius 3 is 2.17 bits per heavy atom. The van der Waals surface area contributed by atoms with E-state index in [-0.39, 0.29) is 0 Å². The summed E-state index contributed by atoms with van der Waals surface area (Å²) >= 11 is 1.97. The molecule has 0 spiro atoms. The molecule has 1 heterocycles. The molecule has 1 aromatic heterocycles. The highest BCUT2D eigenvalue weighted by Crippen LogP contribution is 2.38. The molecule has 0 saturated heterocycles. The van der Waals surface area contributed by atoms with Crippen molar-refractivity contribution in [2.24, 2.45) is 0 Å². The van der Waals surface area contributed by atoms with Gasteiger partial charge in [0.05, 0.1) is 10.7 Å². The Bertz CT molecular complexity index is 352. The Morgan fingerprint density at radius 2 is 1.72 bits per heavy atom. The summed E-state index contributed by atoms with van der Waals surface area (Å²) in [6.07, 6.45) is 5.21. The summed E-state index contributed by atoms with van der Waals surface area (Å²) in [4.78, 5) is 6.48. The second-order valence-electron chi connectivity index (χ2n) is 5.86. The maximum atomic E-state index is 4.90. The molecule has 0 saturated carbocycles. The first-order valence-electron chi connectivity index (χ1n) is 7.51. The van der Waals surface area contributed by atoms with Gasteiger partial charge in [0.15, 0.2) is 0 Å². The predicted molar refractivity (Wildman–Crippen MR) is 82.8 cm³/mol. The number of hydrogen-bond acceptors (Lipinski definition) is 2. The highest BCUT2D eigenvalue weighted by molar-refractivity contribution is 7.12. The summed E-state index contributed by atoms with van der Waals surface area (Å²) in [7, 11) is 0. The molecule has 1 rings (SSSR count).